The number of rotatable bonds is 7. The van der Waals surface area contributed by atoms with Gasteiger partial charge in [-0.15, -0.1) is 0 Å². The maximum atomic E-state index is 13.0. The van der Waals surface area contributed by atoms with Crippen LogP contribution in [0.3, 0.4) is 0 Å². The number of carbonyl (C=O) groups excluding carboxylic acids is 1. The third-order valence-corrected chi connectivity index (χ3v) is 7.17. The number of nitrogens with one attached hydrogen (secondary N) is 1. The molecule has 2 aromatic carbocycles. The van der Waals surface area contributed by atoms with Gasteiger partial charge >= 0.3 is 0 Å². The molecule has 7 heteroatoms. The van der Waals surface area contributed by atoms with Gasteiger partial charge in [-0.3, -0.25) is 9.52 Å². The van der Waals surface area contributed by atoms with Crippen LogP contribution in [0.15, 0.2) is 54.6 Å². The molecular weight excluding hydrogens is 398 g/mol. The molecule has 6 nitrogen and oxygen atoms in total. The molecule has 30 heavy (non-hydrogen) atoms. The number of carbonyl (C=O) groups is 1. The van der Waals surface area contributed by atoms with E-state index in [0.717, 1.165) is 44.6 Å². The first-order valence-electron chi connectivity index (χ1n) is 10.7. The number of amides is 1. The van der Waals surface area contributed by atoms with Crippen LogP contribution in [-0.2, 0) is 15.8 Å². The first-order chi connectivity index (χ1) is 14.5. The maximum absolute atomic E-state index is 13.0. The lowest BCUT2D eigenvalue weighted by atomic mass is 10.1. The highest BCUT2D eigenvalue weighted by atomic mass is 32.2. The van der Waals surface area contributed by atoms with E-state index in [1.54, 1.807) is 36.4 Å². The van der Waals surface area contributed by atoms with Gasteiger partial charge in [0.15, 0.2) is 0 Å². The number of hydrogen-bond acceptors (Lipinski definition) is 4. The third-order valence-electron chi connectivity index (χ3n) is 5.91. The van der Waals surface area contributed by atoms with Crippen LogP contribution in [0, 0.1) is 0 Å². The van der Waals surface area contributed by atoms with Gasteiger partial charge in [-0.2, -0.15) is 0 Å². The molecule has 0 aromatic heterocycles. The Bertz CT molecular complexity index is 955. The molecule has 1 unspecified atom stereocenters. The summed E-state index contributed by atoms with van der Waals surface area (Å²) in [5, 5.41) is 0. The summed E-state index contributed by atoms with van der Waals surface area (Å²) in [6.45, 7) is 4.03. The van der Waals surface area contributed by atoms with Crippen LogP contribution in [0.2, 0.25) is 0 Å². The normalized spacial score (nSPS) is 19.9. The van der Waals surface area contributed by atoms with Crippen molar-refractivity contribution in [2.24, 2.45) is 0 Å². The molecule has 1 N–H and O–H groups in total. The second-order valence-corrected chi connectivity index (χ2v) is 9.95. The van der Waals surface area contributed by atoms with Crippen LogP contribution in [0.4, 0.5) is 5.69 Å². The van der Waals surface area contributed by atoms with Crippen LogP contribution < -0.4 is 4.72 Å². The molecule has 0 radical (unpaired) electrons. The van der Waals surface area contributed by atoms with E-state index in [4.69, 9.17) is 0 Å². The van der Waals surface area contributed by atoms with Crippen molar-refractivity contribution in [3.05, 3.63) is 65.7 Å². The molecule has 2 aromatic rings. The SMILES string of the molecule is O=C(c1ccc(NS(=O)(=O)Cc2ccccc2)cc1)N1CCCC1CN1CCCC1. The molecular formula is C23H29N3O3S. The van der Waals surface area contributed by atoms with Crippen molar-refractivity contribution in [2.45, 2.75) is 37.5 Å². The molecule has 1 amide bonds. The van der Waals surface area contributed by atoms with Crippen LogP contribution in [0.1, 0.15) is 41.6 Å². The number of hydrogen-bond donors (Lipinski definition) is 1. The lowest BCUT2D eigenvalue weighted by molar-refractivity contribution is 0.0709. The van der Waals surface area contributed by atoms with Crippen molar-refractivity contribution < 1.29 is 13.2 Å². The Kier molecular flexibility index (Phi) is 6.39. The summed E-state index contributed by atoms with van der Waals surface area (Å²) in [6, 6.07) is 16.1. The Morgan fingerprint density at radius 2 is 1.63 bits per heavy atom. The fourth-order valence-corrected chi connectivity index (χ4v) is 5.61. The Morgan fingerprint density at radius 3 is 2.33 bits per heavy atom. The van der Waals surface area contributed by atoms with Crippen molar-refractivity contribution >= 4 is 21.6 Å². The number of anilines is 1. The van der Waals surface area contributed by atoms with E-state index in [1.807, 2.05) is 23.1 Å². The minimum Gasteiger partial charge on any atom is -0.334 e. The van der Waals surface area contributed by atoms with Gasteiger partial charge in [-0.05, 0) is 68.6 Å². The van der Waals surface area contributed by atoms with Crippen LogP contribution in [-0.4, -0.2) is 56.3 Å². The van der Waals surface area contributed by atoms with Gasteiger partial charge in [0.25, 0.3) is 5.91 Å². The van der Waals surface area contributed by atoms with Crippen molar-refractivity contribution in [3.63, 3.8) is 0 Å². The van der Waals surface area contributed by atoms with E-state index in [2.05, 4.69) is 9.62 Å². The number of sulfonamides is 1. The second kappa shape index (κ2) is 9.18. The monoisotopic (exact) mass is 427 g/mol. The summed E-state index contributed by atoms with van der Waals surface area (Å²) in [6.07, 6.45) is 4.60. The van der Waals surface area contributed by atoms with E-state index in [-0.39, 0.29) is 17.7 Å². The fraction of sp³-hybridized carbons (Fsp3) is 0.435. The number of benzene rings is 2. The molecule has 2 heterocycles. The van der Waals surface area contributed by atoms with Gasteiger partial charge in [0.1, 0.15) is 0 Å². The quantitative estimate of drug-likeness (QED) is 0.736. The minimum atomic E-state index is -3.51. The Labute approximate surface area is 178 Å². The molecule has 2 fully saturated rings. The average molecular weight is 428 g/mol. The Balaban J connectivity index is 1.38. The molecule has 2 aliphatic heterocycles. The van der Waals surface area contributed by atoms with Crippen LogP contribution in [0.5, 0.6) is 0 Å². The lowest BCUT2D eigenvalue weighted by Gasteiger charge is -2.28. The van der Waals surface area contributed by atoms with E-state index in [1.165, 1.54) is 12.8 Å². The van der Waals surface area contributed by atoms with Crippen molar-refractivity contribution in [1.82, 2.24) is 9.80 Å². The lowest BCUT2D eigenvalue weighted by Crippen LogP contribution is -2.42. The smallest absolute Gasteiger partial charge is 0.254 e. The van der Waals surface area contributed by atoms with Crippen LogP contribution >= 0.6 is 0 Å². The zero-order valence-corrected chi connectivity index (χ0v) is 18.0. The second-order valence-electron chi connectivity index (χ2n) is 8.23. The molecule has 0 saturated carbocycles. The molecule has 2 saturated heterocycles. The van der Waals surface area contributed by atoms with E-state index >= 15 is 0 Å². The molecule has 0 aliphatic carbocycles. The largest absolute Gasteiger partial charge is 0.334 e. The predicted octanol–water partition coefficient (Wildman–Crippen LogP) is 3.33. The summed E-state index contributed by atoms with van der Waals surface area (Å²) in [5.74, 6) is -0.0455. The Morgan fingerprint density at radius 1 is 0.933 bits per heavy atom. The highest BCUT2D eigenvalue weighted by Crippen LogP contribution is 2.23. The zero-order chi connectivity index (χ0) is 21.0. The van der Waals surface area contributed by atoms with E-state index in [9.17, 15) is 13.2 Å². The Hall–Kier alpha value is -2.38. The van der Waals surface area contributed by atoms with Gasteiger partial charge in [-0.25, -0.2) is 8.42 Å². The van der Waals surface area contributed by atoms with Gasteiger partial charge < -0.3 is 9.80 Å². The summed E-state index contributed by atoms with van der Waals surface area (Å²) in [5.41, 5.74) is 1.81. The fourth-order valence-electron chi connectivity index (χ4n) is 4.41. The maximum Gasteiger partial charge on any atom is 0.254 e. The highest BCUT2D eigenvalue weighted by molar-refractivity contribution is 7.91. The van der Waals surface area contributed by atoms with Crippen molar-refractivity contribution in [3.8, 4) is 0 Å². The van der Waals surface area contributed by atoms with Gasteiger partial charge in [0.05, 0.1) is 5.75 Å². The van der Waals surface area contributed by atoms with Crippen molar-refractivity contribution in [1.29, 1.82) is 0 Å². The predicted molar refractivity (Wildman–Crippen MR) is 119 cm³/mol. The summed E-state index contributed by atoms with van der Waals surface area (Å²) >= 11 is 0. The molecule has 0 bridgehead atoms. The molecule has 160 valence electrons. The summed E-state index contributed by atoms with van der Waals surface area (Å²) < 4.78 is 27.4. The molecule has 0 spiro atoms. The standard InChI is InChI=1S/C23H29N3O3S/c27-23(26-16-6-9-22(26)17-25-14-4-5-15-25)20-10-12-21(13-11-20)24-30(28,29)18-19-7-2-1-3-8-19/h1-3,7-8,10-13,22,24H,4-6,9,14-18H2. The molecule has 1 atom stereocenters. The molecule has 2 aliphatic rings. The van der Waals surface area contributed by atoms with E-state index in [0.29, 0.717) is 11.3 Å². The van der Waals surface area contributed by atoms with Crippen LogP contribution in [0.25, 0.3) is 0 Å². The molecule has 4 rings (SSSR count). The topological polar surface area (TPSA) is 69.7 Å². The first kappa shape index (κ1) is 20.9. The minimum absolute atomic E-state index is 0.0374. The first-order valence-corrected chi connectivity index (χ1v) is 12.3. The van der Waals surface area contributed by atoms with E-state index < -0.39 is 10.0 Å². The average Bonchev–Trinajstić information content (AvgIpc) is 3.41. The van der Waals surface area contributed by atoms with Gasteiger partial charge in [0, 0.05) is 30.4 Å². The summed E-state index contributed by atoms with van der Waals surface area (Å²) in [7, 11) is -3.51. The zero-order valence-electron chi connectivity index (χ0n) is 17.2. The highest BCUT2D eigenvalue weighted by Gasteiger charge is 2.31. The third kappa shape index (κ3) is 5.21. The number of likely N-dealkylation sites (tertiary alicyclic amines) is 2. The summed E-state index contributed by atoms with van der Waals surface area (Å²) in [4.78, 5) is 17.5. The van der Waals surface area contributed by atoms with Gasteiger partial charge in [0.2, 0.25) is 10.0 Å². The van der Waals surface area contributed by atoms with Crippen molar-refractivity contribution in [2.75, 3.05) is 30.9 Å². The number of nitrogens with zero attached hydrogens (tertiary/aromatic N) is 2. The van der Waals surface area contributed by atoms with Gasteiger partial charge in [-0.1, -0.05) is 30.3 Å².